The van der Waals surface area contributed by atoms with Crippen LogP contribution in [0.25, 0.3) is 0 Å². The fraction of sp³-hybridized carbons (Fsp3) is 0.350. The zero-order valence-electron chi connectivity index (χ0n) is 16.4. The van der Waals surface area contributed by atoms with Gasteiger partial charge in [-0.1, -0.05) is 32.0 Å². The van der Waals surface area contributed by atoms with Gasteiger partial charge < -0.3 is 10.2 Å². The van der Waals surface area contributed by atoms with E-state index < -0.39 is 10.0 Å². The molecule has 0 spiro atoms. The molecule has 0 aliphatic carbocycles. The molecule has 0 radical (unpaired) electrons. The lowest BCUT2D eigenvalue weighted by atomic mass is 10.2. The maximum absolute atomic E-state index is 13.7. The van der Waals surface area contributed by atoms with Crippen molar-refractivity contribution in [3.05, 3.63) is 59.9 Å². The van der Waals surface area contributed by atoms with Crippen molar-refractivity contribution in [2.45, 2.75) is 25.3 Å². The van der Waals surface area contributed by atoms with Crippen molar-refractivity contribution >= 4 is 21.6 Å². The number of carbonyl (C=O) groups is 1. The van der Waals surface area contributed by atoms with Crippen LogP contribution in [0, 0.1) is 5.82 Å². The molecule has 0 saturated carbocycles. The predicted molar refractivity (Wildman–Crippen MR) is 107 cm³/mol. The fourth-order valence-corrected chi connectivity index (χ4v) is 4.39. The molecule has 1 amide bonds. The Kier molecular flexibility index (Phi) is 7.68. The predicted octanol–water partition coefficient (Wildman–Crippen LogP) is 1.51. The monoisotopic (exact) mass is 408 g/mol. The first kappa shape index (κ1) is 22.0. The average Bonchev–Trinajstić information content (AvgIpc) is 2.64. The lowest BCUT2D eigenvalue weighted by Gasteiger charge is -2.18. The maximum atomic E-state index is 13.7. The molecule has 2 aromatic carbocycles. The third-order valence-corrected chi connectivity index (χ3v) is 6.46. The van der Waals surface area contributed by atoms with Crippen LogP contribution in [-0.4, -0.2) is 45.3 Å². The van der Waals surface area contributed by atoms with E-state index in [0.29, 0.717) is 30.9 Å². The van der Waals surface area contributed by atoms with E-state index in [9.17, 15) is 17.6 Å². The fourth-order valence-electron chi connectivity index (χ4n) is 2.93. The largest absolute Gasteiger partial charge is 0.326 e. The summed E-state index contributed by atoms with van der Waals surface area (Å²) in [5.41, 5.74) is 1.07. The Morgan fingerprint density at radius 1 is 1.07 bits per heavy atom. The molecule has 0 bridgehead atoms. The number of halogens is 1. The molecule has 152 valence electrons. The number of nitrogens with zero attached hydrogens (tertiary/aromatic N) is 1. The SMILES string of the molecule is CCN(CC)S(=O)(=O)c1ccc(NC(=O)C[NH+](C)Cc2ccccc2F)cc1. The molecule has 0 fully saturated rings. The summed E-state index contributed by atoms with van der Waals surface area (Å²) in [6, 6.07) is 12.6. The van der Waals surface area contributed by atoms with Gasteiger partial charge in [-0.15, -0.1) is 0 Å². The van der Waals surface area contributed by atoms with Gasteiger partial charge in [-0.25, -0.2) is 12.8 Å². The number of nitrogens with one attached hydrogen (secondary N) is 2. The van der Waals surface area contributed by atoms with Gasteiger partial charge in [-0.2, -0.15) is 4.31 Å². The maximum Gasteiger partial charge on any atom is 0.279 e. The lowest BCUT2D eigenvalue weighted by molar-refractivity contribution is -0.885. The van der Waals surface area contributed by atoms with Crippen LogP contribution in [0.4, 0.5) is 10.1 Å². The third kappa shape index (κ3) is 5.60. The van der Waals surface area contributed by atoms with Crippen molar-refractivity contribution in [3.8, 4) is 0 Å². The van der Waals surface area contributed by atoms with Crippen molar-refractivity contribution in [3.63, 3.8) is 0 Å². The average molecular weight is 409 g/mol. The molecule has 0 aromatic heterocycles. The minimum absolute atomic E-state index is 0.161. The summed E-state index contributed by atoms with van der Waals surface area (Å²) in [6.45, 7) is 4.92. The highest BCUT2D eigenvalue weighted by atomic mass is 32.2. The number of anilines is 1. The highest BCUT2D eigenvalue weighted by Crippen LogP contribution is 2.18. The number of quaternary nitrogens is 1. The van der Waals surface area contributed by atoms with Gasteiger partial charge in [0.25, 0.3) is 5.91 Å². The van der Waals surface area contributed by atoms with Crippen molar-refractivity contribution in [1.29, 1.82) is 0 Å². The highest BCUT2D eigenvalue weighted by Gasteiger charge is 2.21. The van der Waals surface area contributed by atoms with E-state index >= 15 is 0 Å². The summed E-state index contributed by atoms with van der Waals surface area (Å²) in [6.07, 6.45) is 0. The van der Waals surface area contributed by atoms with Crippen LogP contribution < -0.4 is 10.2 Å². The van der Waals surface area contributed by atoms with Gasteiger partial charge in [0.2, 0.25) is 10.0 Å². The van der Waals surface area contributed by atoms with Gasteiger partial charge in [-0.05, 0) is 30.3 Å². The Labute approximate surface area is 166 Å². The molecule has 0 heterocycles. The molecule has 2 aromatic rings. The molecular formula is C20H27FN3O3S+. The van der Waals surface area contributed by atoms with E-state index in [1.54, 1.807) is 44.2 Å². The van der Waals surface area contributed by atoms with Crippen LogP contribution in [-0.2, 0) is 21.4 Å². The van der Waals surface area contributed by atoms with E-state index in [-0.39, 0.29) is 23.2 Å². The number of sulfonamides is 1. The Morgan fingerprint density at radius 3 is 2.25 bits per heavy atom. The van der Waals surface area contributed by atoms with Crippen molar-refractivity contribution in [2.75, 3.05) is 32.0 Å². The molecule has 28 heavy (non-hydrogen) atoms. The van der Waals surface area contributed by atoms with Crippen LogP contribution >= 0.6 is 0 Å². The third-order valence-electron chi connectivity index (χ3n) is 4.39. The van der Waals surface area contributed by atoms with E-state index in [0.717, 1.165) is 4.90 Å². The Morgan fingerprint density at radius 2 is 1.68 bits per heavy atom. The van der Waals surface area contributed by atoms with Gasteiger partial charge in [0, 0.05) is 24.3 Å². The molecule has 0 saturated heterocycles. The second kappa shape index (κ2) is 9.77. The van der Waals surface area contributed by atoms with Crippen LogP contribution in [0.5, 0.6) is 0 Å². The standard InChI is InChI=1S/C20H26FN3O3S/c1-4-24(5-2)28(26,27)18-12-10-17(11-13-18)22-20(25)15-23(3)14-16-8-6-7-9-19(16)21/h6-13H,4-5,14-15H2,1-3H3,(H,22,25)/p+1. The summed E-state index contributed by atoms with van der Waals surface area (Å²) in [7, 11) is -1.71. The zero-order chi connectivity index (χ0) is 20.7. The van der Waals surface area contributed by atoms with Crippen molar-refractivity contribution < 1.29 is 22.5 Å². The molecule has 2 rings (SSSR count). The first-order chi connectivity index (χ1) is 13.3. The number of likely N-dealkylation sites (N-methyl/N-ethyl adjacent to an activating group) is 1. The van der Waals surface area contributed by atoms with Gasteiger partial charge in [0.15, 0.2) is 6.54 Å². The van der Waals surface area contributed by atoms with Crippen molar-refractivity contribution in [2.24, 2.45) is 0 Å². The quantitative estimate of drug-likeness (QED) is 0.661. The second-order valence-electron chi connectivity index (χ2n) is 6.56. The van der Waals surface area contributed by atoms with E-state index in [2.05, 4.69) is 5.32 Å². The Balaban J connectivity index is 1.96. The van der Waals surface area contributed by atoms with Crippen LogP contribution in [0.3, 0.4) is 0 Å². The van der Waals surface area contributed by atoms with E-state index in [1.165, 1.54) is 22.5 Å². The van der Waals surface area contributed by atoms with E-state index in [1.807, 2.05) is 7.05 Å². The van der Waals surface area contributed by atoms with Crippen LogP contribution in [0.1, 0.15) is 19.4 Å². The van der Waals surface area contributed by atoms with Gasteiger partial charge >= 0.3 is 0 Å². The molecule has 1 unspecified atom stereocenters. The number of hydrogen-bond donors (Lipinski definition) is 2. The molecule has 8 heteroatoms. The normalized spacial score (nSPS) is 12.8. The number of amides is 1. The molecule has 1 atom stereocenters. The van der Waals surface area contributed by atoms with E-state index in [4.69, 9.17) is 0 Å². The molecule has 2 N–H and O–H groups in total. The lowest BCUT2D eigenvalue weighted by Crippen LogP contribution is -3.08. The first-order valence-corrected chi connectivity index (χ1v) is 10.7. The summed E-state index contributed by atoms with van der Waals surface area (Å²) in [4.78, 5) is 13.3. The summed E-state index contributed by atoms with van der Waals surface area (Å²) in [5.74, 6) is -0.513. The second-order valence-corrected chi connectivity index (χ2v) is 8.50. The summed E-state index contributed by atoms with van der Waals surface area (Å²) in [5, 5.41) is 2.75. The Hall–Kier alpha value is -2.29. The number of benzene rings is 2. The Bertz CT molecular complexity index is 897. The number of hydrogen-bond acceptors (Lipinski definition) is 3. The zero-order valence-corrected chi connectivity index (χ0v) is 17.2. The van der Waals surface area contributed by atoms with Crippen molar-refractivity contribution in [1.82, 2.24) is 4.31 Å². The molecule has 6 nitrogen and oxygen atoms in total. The minimum atomic E-state index is -3.52. The van der Waals surface area contributed by atoms with Gasteiger partial charge in [0.1, 0.15) is 12.4 Å². The van der Waals surface area contributed by atoms with Gasteiger partial charge in [0.05, 0.1) is 11.9 Å². The molecule has 0 aliphatic heterocycles. The molecular weight excluding hydrogens is 381 g/mol. The number of rotatable bonds is 9. The summed E-state index contributed by atoms with van der Waals surface area (Å²) < 4.78 is 40.0. The topological polar surface area (TPSA) is 70.9 Å². The highest BCUT2D eigenvalue weighted by molar-refractivity contribution is 7.89. The molecule has 0 aliphatic rings. The first-order valence-electron chi connectivity index (χ1n) is 9.22. The number of carbonyl (C=O) groups excluding carboxylic acids is 1. The smallest absolute Gasteiger partial charge is 0.279 e. The van der Waals surface area contributed by atoms with Gasteiger partial charge in [-0.3, -0.25) is 4.79 Å². The minimum Gasteiger partial charge on any atom is -0.326 e. The van der Waals surface area contributed by atoms with Crippen LogP contribution in [0.2, 0.25) is 0 Å². The van der Waals surface area contributed by atoms with Crippen LogP contribution in [0.15, 0.2) is 53.4 Å². The summed E-state index contributed by atoms with van der Waals surface area (Å²) >= 11 is 0.